The van der Waals surface area contributed by atoms with Crippen LogP contribution in [0.15, 0.2) is 0 Å². The molecule has 0 radical (unpaired) electrons. The van der Waals surface area contributed by atoms with Gasteiger partial charge in [0, 0.05) is 12.6 Å². The molecule has 2 nitrogen and oxygen atoms in total. The van der Waals surface area contributed by atoms with E-state index >= 15 is 0 Å². The molecule has 12 heavy (non-hydrogen) atoms. The summed E-state index contributed by atoms with van der Waals surface area (Å²) in [6, 6.07) is 0.748. The van der Waals surface area contributed by atoms with Crippen LogP contribution in [0.2, 0.25) is 0 Å². The lowest BCUT2D eigenvalue weighted by Gasteiger charge is -2.23. The molecule has 0 amide bonds. The van der Waals surface area contributed by atoms with Gasteiger partial charge in [-0.3, -0.25) is 0 Å². The van der Waals surface area contributed by atoms with Gasteiger partial charge in [0.15, 0.2) is 0 Å². The molecular formula is C10H19NO. The minimum atomic E-state index is 0.633. The monoisotopic (exact) mass is 169 g/mol. The van der Waals surface area contributed by atoms with Crippen LogP contribution in [-0.2, 0) is 4.74 Å². The van der Waals surface area contributed by atoms with Gasteiger partial charge in [0.2, 0.25) is 0 Å². The van der Waals surface area contributed by atoms with Crippen molar-refractivity contribution in [3.8, 4) is 0 Å². The van der Waals surface area contributed by atoms with E-state index in [2.05, 4.69) is 5.32 Å². The van der Waals surface area contributed by atoms with E-state index in [1.807, 2.05) is 0 Å². The quantitative estimate of drug-likeness (QED) is 0.691. The zero-order valence-corrected chi connectivity index (χ0v) is 7.72. The van der Waals surface area contributed by atoms with E-state index in [-0.39, 0.29) is 0 Å². The second-order valence-corrected chi connectivity index (χ2v) is 4.01. The third-order valence-corrected chi connectivity index (χ3v) is 2.76. The summed E-state index contributed by atoms with van der Waals surface area (Å²) in [4.78, 5) is 0. The minimum Gasteiger partial charge on any atom is -0.378 e. The SMILES string of the molecule is C1CC[C@H](CCOC2CC2)NC1. The maximum atomic E-state index is 5.62. The van der Waals surface area contributed by atoms with E-state index in [0.717, 1.165) is 12.6 Å². The molecule has 2 heteroatoms. The number of piperidine rings is 1. The van der Waals surface area contributed by atoms with E-state index in [0.29, 0.717) is 6.10 Å². The summed E-state index contributed by atoms with van der Waals surface area (Å²) < 4.78 is 5.62. The topological polar surface area (TPSA) is 21.3 Å². The molecule has 2 aliphatic rings. The van der Waals surface area contributed by atoms with Crippen LogP contribution in [0.1, 0.15) is 38.5 Å². The molecule has 0 aromatic rings. The molecule has 1 aliphatic carbocycles. The zero-order valence-electron chi connectivity index (χ0n) is 7.72. The van der Waals surface area contributed by atoms with Gasteiger partial charge in [0.25, 0.3) is 0 Å². The second kappa shape index (κ2) is 4.24. The van der Waals surface area contributed by atoms with Gasteiger partial charge >= 0.3 is 0 Å². The van der Waals surface area contributed by atoms with E-state index in [1.165, 1.54) is 45.1 Å². The third-order valence-electron chi connectivity index (χ3n) is 2.76. The Morgan fingerprint density at radius 1 is 1.17 bits per heavy atom. The first kappa shape index (κ1) is 8.52. The molecule has 0 aromatic carbocycles. The average molecular weight is 169 g/mol. The summed E-state index contributed by atoms with van der Waals surface area (Å²) in [6.07, 6.45) is 8.58. The predicted octanol–water partition coefficient (Wildman–Crippen LogP) is 1.70. The lowest BCUT2D eigenvalue weighted by atomic mass is 10.0. The third kappa shape index (κ3) is 2.76. The van der Waals surface area contributed by atoms with E-state index < -0.39 is 0 Å². The minimum absolute atomic E-state index is 0.633. The molecule has 70 valence electrons. The molecule has 2 rings (SSSR count). The van der Waals surface area contributed by atoms with Crippen LogP contribution in [-0.4, -0.2) is 25.3 Å². The molecule has 2 fully saturated rings. The summed E-state index contributed by atoms with van der Waals surface area (Å²) >= 11 is 0. The van der Waals surface area contributed by atoms with Gasteiger partial charge in [-0.05, 0) is 38.6 Å². The highest BCUT2D eigenvalue weighted by Gasteiger charge is 2.22. The van der Waals surface area contributed by atoms with Crippen molar-refractivity contribution in [2.75, 3.05) is 13.2 Å². The average Bonchev–Trinajstić information content (AvgIpc) is 2.90. The smallest absolute Gasteiger partial charge is 0.0577 e. The Kier molecular flexibility index (Phi) is 3.01. The Labute approximate surface area is 74.7 Å². The number of hydrogen-bond donors (Lipinski definition) is 1. The normalized spacial score (nSPS) is 30.5. The molecule has 1 aliphatic heterocycles. The van der Waals surface area contributed by atoms with E-state index in [9.17, 15) is 0 Å². The highest BCUT2D eigenvalue weighted by atomic mass is 16.5. The zero-order chi connectivity index (χ0) is 8.23. The van der Waals surface area contributed by atoms with Crippen LogP contribution >= 0.6 is 0 Å². The Hall–Kier alpha value is -0.0800. The van der Waals surface area contributed by atoms with Gasteiger partial charge in [0.1, 0.15) is 0 Å². The van der Waals surface area contributed by atoms with Crippen molar-refractivity contribution in [3.05, 3.63) is 0 Å². The summed E-state index contributed by atoms with van der Waals surface area (Å²) in [6.45, 7) is 2.19. The molecule has 1 saturated carbocycles. The second-order valence-electron chi connectivity index (χ2n) is 4.01. The highest BCUT2D eigenvalue weighted by molar-refractivity contribution is 4.75. The Bertz CT molecular complexity index is 128. The molecule has 0 spiro atoms. The van der Waals surface area contributed by atoms with Gasteiger partial charge < -0.3 is 10.1 Å². The van der Waals surface area contributed by atoms with Gasteiger partial charge in [-0.25, -0.2) is 0 Å². The number of ether oxygens (including phenoxy) is 1. The fourth-order valence-corrected chi connectivity index (χ4v) is 1.78. The van der Waals surface area contributed by atoms with Crippen molar-refractivity contribution in [2.45, 2.75) is 50.7 Å². The van der Waals surface area contributed by atoms with E-state index in [1.54, 1.807) is 0 Å². The number of rotatable bonds is 4. The largest absolute Gasteiger partial charge is 0.378 e. The summed E-state index contributed by atoms with van der Waals surface area (Å²) in [5.74, 6) is 0. The lowest BCUT2D eigenvalue weighted by molar-refractivity contribution is 0.107. The molecule has 1 N–H and O–H groups in total. The first-order chi connectivity index (χ1) is 5.95. The van der Waals surface area contributed by atoms with Crippen molar-refractivity contribution in [1.29, 1.82) is 0 Å². The van der Waals surface area contributed by atoms with Gasteiger partial charge in [0.05, 0.1) is 6.10 Å². The van der Waals surface area contributed by atoms with Crippen molar-refractivity contribution in [1.82, 2.24) is 5.32 Å². The first-order valence-corrected chi connectivity index (χ1v) is 5.30. The fraction of sp³-hybridized carbons (Fsp3) is 1.00. The highest BCUT2D eigenvalue weighted by Crippen LogP contribution is 2.23. The van der Waals surface area contributed by atoms with Crippen LogP contribution in [0.3, 0.4) is 0 Å². The van der Waals surface area contributed by atoms with Crippen molar-refractivity contribution in [3.63, 3.8) is 0 Å². The predicted molar refractivity (Wildman–Crippen MR) is 49.2 cm³/mol. The Morgan fingerprint density at radius 2 is 2.08 bits per heavy atom. The molecule has 1 atom stereocenters. The van der Waals surface area contributed by atoms with E-state index in [4.69, 9.17) is 4.74 Å². The molecule has 1 heterocycles. The summed E-state index contributed by atoms with van der Waals surface area (Å²) in [5.41, 5.74) is 0. The molecule has 0 bridgehead atoms. The van der Waals surface area contributed by atoms with Gasteiger partial charge in [-0.1, -0.05) is 6.42 Å². The lowest BCUT2D eigenvalue weighted by Crippen LogP contribution is -2.34. The fourth-order valence-electron chi connectivity index (χ4n) is 1.78. The molecule has 0 aromatic heterocycles. The Balaban J connectivity index is 1.52. The summed E-state index contributed by atoms with van der Waals surface area (Å²) in [7, 11) is 0. The maximum Gasteiger partial charge on any atom is 0.0577 e. The maximum absolute atomic E-state index is 5.62. The van der Waals surface area contributed by atoms with Crippen LogP contribution in [0, 0.1) is 0 Å². The molecular weight excluding hydrogens is 150 g/mol. The summed E-state index contributed by atoms with van der Waals surface area (Å²) in [5, 5.41) is 3.53. The van der Waals surface area contributed by atoms with Crippen molar-refractivity contribution >= 4 is 0 Å². The van der Waals surface area contributed by atoms with Crippen LogP contribution in [0.5, 0.6) is 0 Å². The number of nitrogens with one attached hydrogen (secondary N) is 1. The molecule has 1 saturated heterocycles. The van der Waals surface area contributed by atoms with Crippen molar-refractivity contribution < 1.29 is 4.74 Å². The molecule has 0 unspecified atom stereocenters. The van der Waals surface area contributed by atoms with Gasteiger partial charge in [-0.2, -0.15) is 0 Å². The Morgan fingerprint density at radius 3 is 2.75 bits per heavy atom. The van der Waals surface area contributed by atoms with Crippen LogP contribution in [0.4, 0.5) is 0 Å². The first-order valence-electron chi connectivity index (χ1n) is 5.30. The van der Waals surface area contributed by atoms with Crippen molar-refractivity contribution in [2.24, 2.45) is 0 Å². The van der Waals surface area contributed by atoms with Gasteiger partial charge in [-0.15, -0.1) is 0 Å². The van der Waals surface area contributed by atoms with Crippen LogP contribution < -0.4 is 5.32 Å². The van der Waals surface area contributed by atoms with Crippen LogP contribution in [0.25, 0.3) is 0 Å². The standard InChI is InChI=1S/C10H19NO/c1-2-7-11-9(3-1)6-8-12-10-4-5-10/h9-11H,1-8H2/t9-/m1/s1. The number of hydrogen-bond acceptors (Lipinski definition) is 2.